The van der Waals surface area contributed by atoms with Crippen molar-refractivity contribution < 1.29 is 9.18 Å². The highest BCUT2D eigenvalue weighted by molar-refractivity contribution is 7.21. The van der Waals surface area contributed by atoms with Crippen molar-refractivity contribution >= 4 is 27.3 Å². The van der Waals surface area contributed by atoms with Gasteiger partial charge in [-0.05, 0) is 50.4 Å². The first kappa shape index (κ1) is 16.4. The minimum absolute atomic E-state index is 0.0583. The lowest BCUT2D eigenvalue weighted by Gasteiger charge is -2.32. The molecule has 1 saturated heterocycles. The van der Waals surface area contributed by atoms with Crippen LogP contribution in [0.3, 0.4) is 0 Å². The molecule has 2 aromatic rings. The number of hydrogen-bond acceptors (Lipinski definition) is 3. The van der Waals surface area contributed by atoms with Crippen LogP contribution < -0.4 is 5.32 Å². The standard InChI is InChI=1S/C18H23FN2OS/c1-3-9-21-10-7-13(8-11-21)20-18(22)17-12(2)16-14(19)5-4-6-15(16)23-17/h4-6,13H,3,7-11H2,1-2H3,(H,20,22). The summed E-state index contributed by atoms with van der Waals surface area (Å²) in [5.41, 5.74) is 0.754. The van der Waals surface area contributed by atoms with Crippen molar-refractivity contribution in [3.8, 4) is 0 Å². The molecule has 1 N–H and O–H groups in total. The van der Waals surface area contributed by atoms with E-state index < -0.39 is 0 Å². The molecular formula is C18H23FN2OS. The fourth-order valence-electron chi connectivity index (χ4n) is 3.34. The molecule has 3 nitrogen and oxygen atoms in total. The lowest BCUT2D eigenvalue weighted by Crippen LogP contribution is -2.44. The molecule has 0 aliphatic carbocycles. The lowest BCUT2D eigenvalue weighted by molar-refractivity contribution is 0.0915. The number of amides is 1. The van der Waals surface area contributed by atoms with Gasteiger partial charge in [-0.25, -0.2) is 4.39 Å². The molecule has 1 fully saturated rings. The van der Waals surface area contributed by atoms with Crippen LogP contribution in [0.25, 0.3) is 10.1 Å². The molecule has 0 bridgehead atoms. The number of nitrogens with one attached hydrogen (secondary N) is 1. The van der Waals surface area contributed by atoms with E-state index >= 15 is 0 Å². The fraction of sp³-hybridized carbons (Fsp3) is 0.500. The molecule has 1 amide bonds. The molecule has 0 radical (unpaired) electrons. The SMILES string of the molecule is CCCN1CCC(NC(=O)c2sc3cccc(F)c3c2C)CC1. The number of nitrogens with zero attached hydrogens (tertiary/aromatic N) is 1. The summed E-state index contributed by atoms with van der Waals surface area (Å²) in [5, 5.41) is 3.73. The Balaban J connectivity index is 1.70. The predicted octanol–water partition coefficient (Wildman–Crippen LogP) is 3.95. The van der Waals surface area contributed by atoms with Crippen LogP contribution in [0.4, 0.5) is 4.39 Å². The van der Waals surface area contributed by atoms with E-state index in [2.05, 4.69) is 17.1 Å². The zero-order valence-corrected chi connectivity index (χ0v) is 14.5. The Kier molecular flexibility index (Phi) is 4.97. The fourth-order valence-corrected chi connectivity index (χ4v) is 4.46. The van der Waals surface area contributed by atoms with Gasteiger partial charge in [-0.1, -0.05) is 13.0 Å². The molecule has 1 aliphatic rings. The number of rotatable bonds is 4. The molecule has 0 atom stereocenters. The van der Waals surface area contributed by atoms with Gasteiger partial charge in [-0.3, -0.25) is 4.79 Å². The minimum atomic E-state index is -0.247. The molecule has 0 unspecified atom stereocenters. The quantitative estimate of drug-likeness (QED) is 0.918. The third-order valence-electron chi connectivity index (χ3n) is 4.57. The number of benzene rings is 1. The lowest BCUT2D eigenvalue weighted by atomic mass is 10.0. The van der Waals surface area contributed by atoms with Gasteiger partial charge in [-0.15, -0.1) is 11.3 Å². The molecule has 23 heavy (non-hydrogen) atoms. The Morgan fingerprint density at radius 3 is 2.78 bits per heavy atom. The number of hydrogen-bond donors (Lipinski definition) is 1. The first-order chi connectivity index (χ1) is 11.1. The van der Waals surface area contributed by atoms with Crippen LogP contribution in [0.15, 0.2) is 18.2 Å². The van der Waals surface area contributed by atoms with Gasteiger partial charge in [0.2, 0.25) is 0 Å². The molecule has 1 aliphatic heterocycles. The van der Waals surface area contributed by atoms with E-state index in [0.717, 1.165) is 42.7 Å². The summed E-state index contributed by atoms with van der Waals surface area (Å²) in [6.07, 6.45) is 3.15. The van der Waals surface area contributed by atoms with Crippen molar-refractivity contribution in [2.24, 2.45) is 0 Å². The zero-order valence-electron chi connectivity index (χ0n) is 13.7. The molecule has 5 heteroatoms. The summed E-state index contributed by atoms with van der Waals surface area (Å²) in [7, 11) is 0. The highest BCUT2D eigenvalue weighted by Crippen LogP contribution is 2.32. The van der Waals surface area contributed by atoms with E-state index in [-0.39, 0.29) is 17.8 Å². The number of fused-ring (bicyclic) bond motifs is 1. The Labute approximate surface area is 140 Å². The molecule has 1 aromatic carbocycles. The van der Waals surface area contributed by atoms with Gasteiger partial charge in [0, 0.05) is 29.2 Å². The minimum Gasteiger partial charge on any atom is -0.349 e. The number of carbonyl (C=O) groups excluding carboxylic acids is 1. The maximum Gasteiger partial charge on any atom is 0.261 e. The van der Waals surface area contributed by atoms with Gasteiger partial charge >= 0.3 is 0 Å². The van der Waals surface area contributed by atoms with Crippen LogP contribution in [0.5, 0.6) is 0 Å². The van der Waals surface area contributed by atoms with Gasteiger partial charge in [-0.2, -0.15) is 0 Å². The van der Waals surface area contributed by atoms with Crippen molar-refractivity contribution in [1.82, 2.24) is 10.2 Å². The van der Waals surface area contributed by atoms with Gasteiger partial charge in [0.25, 0.3) is 5.91 Å². The average Bonchev–Trinajstić information content (AvgIpc) is 2.88. The van der Waals surface area contributed by atoms with Crippen LogP contribution in [-0.4, -0.2) is 36.5 Å². The molecule has 1 aromatic heterocycles. The van der Waals surface area contributed by atoms with Gasteiger partial charge in [0.05, 0.1) is 4.88 Å². The Bertz CT molecular complexity index is 704. The van der Waals surface area contributed by atoms with Crippen molar-refractivity contribution in [3.05, 3.63) is 34.5 Å². The third kappa shape index (κ3) is 3.40. The summed E-state index contributed by atoms with van der Waals surface area (Å²) in [6.45, 7) is 7.24. The Hall–Kier alpha value is -1.46. The number of piperidine rings is 1. The van der Waals surface area contributed by atoms with E-state index in [4.69, 9.17) is 0 Å². The summed E-state index contributed by atoms with van der Waals surface area (Å²) < 4.78 is 14.8. The van der Waals surface area contributed by atoms with E-state index in [1.807, 2.05) is 13.0 Å². The Morgan fingerprint density at radius 2 is 2.13 bits per heavy atom. The number of thiophene rings is 1. The molecule has 0 spiro atoms. The van der Waals surface area contributed by atoms with Crippen molar-refractivity contribution in [1.29, 1.82) is 0 Å². The van der Waals surface area contributed by atoms with Crippen LogP contribution in [0, 0.1) is 12.7 Å². The summed E-state index contributed by atoms with van der Waals surface area (Å²) in [4.78, 5) is 15.7. The highest BCUT2D eigenvalue weighted by Gasteiger charge is 2.23. The molecular weight excluding hydrogens is 311 g/mol. The van der Waals surface area contributed by atoms with Gasteiger partial charge in [0.15, 0.2) is 0 Å². The number of halogens is 1. The van der Waals surface area contributed by atoms with E-state index in [1.165, 1.54) is 23.8 Å². The molecule has 124 valence electrons. The smallest absolute Gasteiger partial charge is 0.261 e. The maximum absolute atomic E-state index is 14.0. The third-order valence-corrected chi connectivity index (χ3v) is 5.83. The second-order valence-electron chi connectivity index (χ2n) is 6.26. The Morgan fingerprint density at radius 1 is 1.39 bits per heavy atom. The number of aryl methyl sites for hydroxylation is 1. The van der Waals surface area contributed by atoms with E-state index in [0.29, 0.717) is 10.3 Å². The van der Waals surface area contributed by atoms with Crippen LogP contribution in [0.2, 0.25) is 0 Å². The topological polar surface area (TPSA) is 32.3 Å². The van der Waals surface area contributed by atoms with E-state index in [9.17, 15) is 9.18 Å². The van der Waals surface area contributed by atoms with Crippen LogP contribution >= 0.6 is 11.3 Å². The van der Waals surface area contributed by atoms with Crippen molar-refractivity contribution in [3.63, 3.8) is 0 Å². The highest BCUT2D eigenvalue weighted by atomic mass is 32.1. The second-order valence-corrected chi connectivity index (χ2v) is 7.31. The zero-order chi connectivity index (χ0) is 16.4. The largest absolute Gasteiger partial charge is 0.349 e. The first-order valence-corrected chi connectivity index (χ1v) is 9.12. The van der Waals surface area contributed by atoms with Gasteiger partial charge in [0.1, 0.15) is 5.82 Å². The average molecular weight is 334 g/mol. The van der Waals surface area contributed by atoms with Gasteiger partial charge < -0.3 is 10.2 Å². The number of likely N-dealkylation sites (tertiary alicyclic amines) is 1. The number of carbonyl (C=O) groups is 1. The second kappa shape index (κ2) is 6.97. The summed E-state index contributed by atoms with van der Waals surface area (Å²) in [5.74, 6) is -0.305. The van der Waals surface area contributed by atoms with E-state index in [1.54, 1.807) is 6.07 Å². The normalized spacial score (nSPS) is 16.8. The molecule has 3 rings (SSSR count). The molecule has 2 heterocycles. The predicted molar refractivity (Wildman–Crippen MR) is 93.7 cm³/mol. The monoisotopic (exact) mass is 334 g/mol. The van der Waals surface area contributed by atoms with Crippen LogP contribution in [0.1, 0.15) is 41.4 Å². The first-order valence-electron chi connectivity index (χ1n) is 8.31. The summed E-state index contributed by atoms with van der Waals surface area (Å²) >= 11 is 1.38. The molecule has 0 saturated carbocycles. The van der Waals surface area contributed by atoms with Crippen molar-refractivity contribution in [2.45, 2.75) is 39.2 Å². The summed E-state index contributed by atoms with van der Waals surface area (Å²) in [6, 6.07) is 5.24. The van der Waals surface area contributed by atoms with Crippen LogP contribution in [-0.2, 0) is 0 Å². The maximum atomic E-state index is 14.0. The van der Waals surface area contributed by atoms with Crippen molar-refractivity contribution in [2.75, 3.05) is 19.6 Å².